The second-order valence-corrected chi connectivity index (χ2v) is 7.13. The fourth-order valence-electron chi connectivity index (χ4n) is 3.41. The Morgan fingerprint density at radius 1 is 1.16 bits per heavy atom. The first-order chi connectivity index (χ1) is 8.93. The lowest BCUT2D eigenvalue weighted by Crippen LogP contribution is -2.46. The summed E-state index contributed by atoms with van der Waals surface area (Å²) in [5.41, 5.74) is 0.427. The smallest absolute Gasteiger partial charge is 0.0638 e. The Labute approximate surface area is 119 Å². The van der Waals surface area contributed by atoms with Gasteiger partial charge >= 0.3 is 0 Å². The van der Waals surface area contributed by atoms with Gasteiger partial charge in [0.2, 0.25) is 0 Å². The minimum Gasteiger partial charge on any atom is -0.392 e. The van der Waals surface area contributed by atoms with Gasteiger partial charge in [-0.25, -0.2) is 0 Å². The zero-order valence-corrected chi connectivity index (χ0v) is 13.4. The third kappa shape index (κ3) is 6.73. The second-order valence-electron chi connectivity index (χ2n) is 7.13. The predicted octanol–water partition coefficient (Wildman–Crippen LogP) is 2.50. The molecule has 1 fully saturated rings. The molecule has 0 spiro atoms. The lowest BCUT2D eigenvalue weighted by atomic mass is 9.73. The zero-order valence-electron chi connectivity index (χ0n) is 13.4. The molecule has 1 aliphatic rings. The topological polar surface area (TPSA) is 35.5 Å². The first-order valence-electron chi connectivity index (χ1n) is 8.01. The van der Waals surface area contributed by atoms with Crippen molar-refractivity contribution in [3.05, 3.63) is 0 Å². The van der Waals surface area contributed by atoms with Crippen molar-refractivity contribution in [2.45, 2.75) is 59.0 Å². The molecule has 1 saturated carbocycles. The molecule has 19 heavy (non-hydrogen) atoms. The van der Waals surface area contributed by atoms with Crippen molar-refractivity contribution in [2.75, 3.05) is 33.2 Å². The Morgan fingerprint density at radius 3 is 2.32 bits per heavy atom. The fourth-order valence-corrected chi connectivity index (χ4v) is 3.41. The van der Waals surface area contributed by atoms with Gasteiger partial charge in [0.1, 0.15) is 0 Å². The molecule has 3 heteroatoms. The highest BCUT2D eigenvalue weighted by Crippen LogP contribution is 2.36. The Morgan fingerprint density at radius 2 is 1.79 bits per heavy atom. The Kier molecular flexibility index (Phi) is 7.33. The summed E-state index contributed by atoms with van der Waals surface area (Å²) >= 11 is 0. The highest BCUT2D eigenvalue weighted by Gasteiger charge is 2.32. The number of aliphatic hydroxyl groups excluding tert-OH is 1. The van der Waals surface area contributed by atoms with Crippen molar-refractivity contribution in [3.8, 4) is 0 Å². The molecule has 0 aromatic carbocycles. The number of hydrogen-bond acceptors (Lipinski definition) is 3. The fraction of sp³-hybridized carbons (Fsp3) is 1.00. The molecule has 0 radical (unpaired) electrons. The normalized spacial score (nSPS) is 21.0. The largest absolute Gasteiger partial charge is 0.392 e. The molecule has 114 valence electrons. The molecule has 1 unspecified atom stereocenters. The molecular formula is C16H34N2O. The average Bonchev–Trinajstić information content (AvgIpc) is 2.28. The van der Waals surface area contributed by atoms with Crippen molar-refractivity contribution >= 4 is 0 Å². The van der Waals surface area contributed by atoms with E-state index in [-0.39, 0.29) is 6.10 Å². The third-order valence-electron chi connectivity index (χ3n) is 4.15. The first-order valence-corrected chi connectivity index (χ1v) is 8.01. The molecule has 0 amide bonds. The van der Waals surface area contributed by atoms with E-state index in [1.165, 1.54) is 32.1 Å². The molecule has 0 aliphatic heterocycles. The molecule has 1 aliphatic carbocycles. The lowest BCUT2D eigenvalue weighted by Gasteiger charge is -2.41. The summed E-state index contributed by atoms with van der Waals surface area (Å²) in [6.07, 6.45) is 6.57. The maximum absolute atomic E-state index is 9.53. The van der Waals surface area contributed by atoms with Crippen molar-refractivity contribution in [2.24, 2.45) is 11.3 Å². The number of nitrogens with zero attached hydrogens (tertiary/aromatic N) is 1. The zero-order chi connectivity index (χ0) is 14.3. The summed E-state index contributed by atoms with van der Waals surface area (Å²) in [6, 6.07) is 0. The molecule has 3 nitrogen and oxygen atoms in total. The molecule has 0 aromatic rings. The second kappa shape index (κ2) is 8.23. The van der Waals surface area contributed by atoms with Gasteiger partial charge in [-0.1, -0.05) is 33.1 Å². The monoisotopic (exact) mass is 270 g/mol. The molecule has 0 aromatic heterocycles. The molecule has 2 N–H and O–H groups in total. The van der Waals surface area contributed by atoms with Crippen LogP contribution in [-0.4, -0.2) is 49.3 Å². The SMILES string of the molecule is CC(C)CNCC1(CN(C)CC(C)O)CCCCC1. The Bertz CT molecular complexity index is 235. The highest BCUT2D eigenvalue weighted by atomic mass is 16.3. The van der Waals surface area contributed by atoms with E-state index in [0.717, 1.165) is 32.1 Å². The van der Waals surface area contributed by atoms with Crippen LogP contribution in [0.25, 0.3) is 0 Å². The Hall–Kier alpha value is -0.120. The van der Waals surface area contributed by atoms with Crippen molar-refractivity contribution in [1.29, 1.82) is 0 Å². The number of aliphatic hydroxyl groups is 1. The molecule has 0 saturated heterocycles. The van der Waals surface area contributed by atoms with Gasteiger partial charge < -0.3 is 15.3 Å². The number of rotatable bonds is 8. The van der Waals surface area contributed by atoms with Gasteiger partial charge in [0.15, 0.2) is 0 Å². The maximum Gasteiger partial charge on any atom is 0.0638 e. The van der Waals surface area contributed by atoms with Gasteiger partial charge in [0, 0.05) is 19.6 Å². The van der Waals surface area contributed by atoms with E-state index in [0.29, 0.717) is 5.41 Å². The van der Waals surface area contributed by atoms with Crippen LogP contribution >= 0.6 is 0 Å². The minimum absolute atomic E-state index is 0.228. The van der Waals surface area contributed by atoms with Gasteiger partial charge in [0.25, 0.3) is 0 Å². The van der Waals surface area contributed by atoms with E-state index >= 15 is 0 Å². The summed E-state index contributed by atoms with van der Waals surface area (Å²) < 4.78 is 0. The van der Waals surface area contributed by atoms with Crippen molar-refractivity contribution < 1.29 is 5.11 Å². The van der Waals surface area contributed by atoms with Crippen LogP contribution in [0.15, 0.2) is 0 Å². The highest BCUT2D eigenvalue weighted by molar-refractivity contribution is 4.87. The van der Waals surface area contributed by atoms with Gasteiger partial charge in [-0.2, -0.15) is 0 Å². The van der Waals surface area contributed by atoms with Gasteiger partial charge in [0.05, 0.1) is 6.10 Å². The van der Waals surface area contributed by atoms with E-state index in [4.69, 9.17) is 0 Å². The summed E-state index contributed by atoms with van der Waals surface area (Å²) in [7, 11) is 2.14. The van der Waals surface area contributed by atoms with Crippen LogP contribution in [-0.2, 0) is 0 Å². The molecule has 1 atom stereocenters. The summed E-state index contributed by atoms with van der Waals surface area (Å²) in [6.45, 7) is 10.5. The van der Waals surface area contributed by atoms with Crippen LogP contribution in [0.3, 0.4) is 0 Å². The van der Waals surface area contributed by atoms with E-state index < -0.39 is 0 Å². The van der Waals surface area contributed by atoms with Crippen molar-refractivity contribution in [3.63, 3.8) is 0 Å². The maximum atomic E-state index is 9.53. The quantitative estimate of drug-likeness (QED) is 0.711. The number of likely N-dealkylation sites (N-methyl/N-ethyl adjacent to an activating group) is 1. The van der Waals surface area contributed by atoms with Crippen LogP contribution in [0.4, 0.5) is 0 Å². The predicted molar refractivity (Wildman–Crippen MR) is 82.4 cm³/mol. The van der Waals surface area contributed by atoms with Crippen molar-refractivity contribution in [1.82, 2.24) is 10.2 Å². The van der Waals surface area contributed by atoms with E-state index in [1.807, 2.05) is 6.92 Å². The van der Waals surface area contributed by atoms with E-state index in [2.05, 4.69) is 31.1 Å². The summed E-state index contributed by atoms with van der Waals surface area (Å²) in [5, 5.41) is 13.2. The average molecular weight is 270 g/mol. The minimum atomic E-state index is -0.228. The summed E-state index contributed by atoms with van der Waals surface area (Å²) in [4.78, 5) is 2.31. The number of nitrogens with one attached hydrogen (secondary N) is 1. The van der Waals surface area contributed by atoms with Crippen LogP contribution in [0, 0.1) is 11.3 Å². The van der Waals surface area contributed by atoms with Crippen LogP contribution in [0.5, 0.6) is 0 Å². The van der Waals surface area contributed by atoms with Crippen LogP contribution in [0.1, 0.15) is 52.9 Å². The van der Waals surface area contributed by atoms with Crippen LogP contribution < -0.4 is 5.32 Å². The molecular weight excluding hydrogens is 236 g/mol. The lowest BCUT2D eigenvalue weighted by molar-refractivity contribution is 0.0808. The molecule has 0 bridgehead atoms. The third-order valence-corrected chi connectivity index (χ3v) is 4.15. The number of hydrogen-bond donors (Lipinski definition) is 2. The van der Waals surface area contributed by atoms with Gasteiger partial charge in [-0.15, -0.1) is 0 Å². The first kappa shape index (κ1) is 16.9. The standard InChI is InChI=1S/C16H34N2O/c1-14(2)10-17-12-16(8-6-5-7-9-16)13-18(4)11-15(3)19/h14-15,17,19H,5-13H2,1-4H3. The van der Waals surface area contributed by atoms with Crippen LogP contribution in [0.2, 0.25) is 0 Å². The van der Waals surface area contributed by atoms with E-state index in [1.54, 1.807) is 0 Å². The van der Waals surface area contributed by atoms with Gasteiger partial charge in [-0.05, 0) is 44.7 Å². The molecule has 0 heterocycles. The molecule has 1 rings (SSSR count). The Balaban J connectivity index is 2.49. The van der Waals surface area contributed by atoms with Gasteiger partial charge in [-0.3, -0.25) is 0 Å². The summed E-state index contributed by atoms with van der Waals surface area (Å²) in [5.74, 6) is 0.718. The van der Waals surface area contributed by atoms with E-state index in [9.17, 15) is 5.11 Å².